The van der Waals surface area contributed by atoms with Crippen LogP contribution in [0, 0.1) is 13.8 Å². The lowest BCUT2D eigenvalue weighted by Crippen LogP contribution is -2.36. The number of nitrogens with one attached hydrogen (secondary N) is 1. The van der Waals surface area contributed by atoms with Gasteiger partial charge >= 0.3 is 0 Å². The van der Waals surface area contributed by atoms with Gasteiger partial charge in [0, 0.05) is 12.7 Å². The maximum atomic E-state index is 12.9. The second-order valence-electron chi connectivity index (χ2n) is 6.89. The lowest BCUT2D eigenvalue weighted by Gasteiger charge is -2.22. The van der Waals surface area contributed by atoms with Crippen LogP contribution in [0.3, 0.4) is 0 Å². The first-order valence-corrected chi connectivity index (χ1v) is 10.3. The van der Waals surface area contributed by atoms with E-state index in [0.29, 0.717) is 17.7 Å². The quantitative estimate of drug-likeness (QED) is 0.858. The molecule has 0 aliphatic heterocycles. The standard InChI is InChI=1S/C21H24N2O3S/c1-15-7-6-8-16(2)21(15)22-20(24)14-23(3)27(25,26)19-12-11-17-9-4-5-10-18(17)13-19/h4-10,13H,11-12,14H2,1-3H3,(H,22,24). The number of hydrogen-bond donors (Lipinski definition) is 1. The van der Waals surface area contributed by atoms with Crippen molar-refractivity contribution in [3.8, 4) is 0 Å². The first-order chi connectivity index (χ1) is 12.8. The van der Waals surface area contributed by atoms with Gasteiger partial charge in [-0.25, -0.2) is 8.42 Å². The fourth-order valence-corrected chi connectivity index (χ4v) is 4.61. The van der Waals surface area contributed by atoms with Crippen LogP contribution < -0.4 is 5.32 Å². The number of likely N-dealkylation sites (N-methyl/N-ethyl adjacent to an activating group) is 1. The zero-order chi connectivity index (χ0) is 19.6. The van der Waals surface area contributed by atoms with Crippen molar-refractivity contribution in [1.82, 2.24) is 4.31 Å². The molecule has 0 bridgehead atoms. The third-order valence-corrected chi connectivity index (χ3v) is 6.80. The molecule has 5 nitrogen and oxygen atoms in total. The summed E-state index contributed by atoms with van der Waals surface area (Å²) in [6, 6.07) is 13.5. The van der Waals surface area contributed by atoms with E-state index in [1.54, 1.807) is 6.08 Å². The van der Waals surface area contributed by atoms with Crippen molar-refractivity contribution in [2.24, 2.45) is 0 Å². The molecule has 0 spiro atoms. The second kappa shape index (κ2) is 7.66. The van der Waals surface area contributed by atoms with E-state index in [2.05, 4.69) is 5.32 Å². The summed E-state index contributed by atoms with van der Waals surface area (Å²) < 4.78 is 26.9. The van der Waals surface area contributed by atoms with Gasteiger partial charge in [-0.1, -0.05) is 42.5 Å². The highest BCUT2D eigenvalue weighted by atomic mass is 32.2. The van der Waals surface area contributed by atoms with E-state index in [1.165, 1.54) is 7.05 Å². The molecule has 6 heteroatoms. The highest BCUT2D eigenvalue weighted by molar-refractivity contribution is 7.93. The van der Waals surface area contributed by atoms with Crippen molar-refractivity contribution < 1.29 is 13.2 Å². The van der Waals surface area contributed by atoms with Crippen LogP contribution in [0.5, 0.6) is 0 Å². The van der Waals surface area contributed by atoms with Gasteiger partial charge in [0.2, 0.25) is 15.9 Å². The summed E-state index contributed by atoms with van der Waals surface area (Å²) in [5, 5.41) is 2.84. The van der Waals surface area contributed by atoms with Gasteiger partial charge in [0.25, 0.3) is 0 Å². The normalized spacial score (nSPS) is 13.9. The van der Waals surface area contributed by atoms with Crippen molar-refractivity contribution >= 4 is 27.7 Å². The van der Waals surface area contributed by atoms with Gasteiger partial charge in [0.1, 0.15) is 0 Å². The number of sulfonamides is 1. The number of rotatable bonds is 5. The number of hydrogen-bond acceptors (Lipinski definition) is 3. The number of fused-ring (bicyclic) bond motifs is 1. The number of para-hydroxylation sites is 1. The van der Waals surface area contributed by atoms with Crippen LogP contribution >= 0.6 is 0 Å². The minimum absolute atomic E-state index is 0.227. The molecule has 1 aliphatic carbocycles. The molecule has 27 heavy (non-hydrogen) atoms. The second-order valence-corrected chi connectivity index (χ2v) is 8.98. The molecule has 2 aromatic carbocycles. The first kappa shape index (κ1) is 19.3. The summed E-state index contributed by atoms with van der Waals surface area (Å²) in [4.78, 5) is 12.8. The maximum Gasteiger partial charge on any atom is 0.239 e. The summed E-state index contributed by atoms with van der Waals surface area (Å²) in [5.74, 6) is -0.352. The molecule has 0 unspecified atom stereocenters. The van der Waals surface area contributed by atoms with Crippen LogP contribution in [0.15, 0.2) is 47.4 Å². The molecule has 0 fully saturated rings. The zero-order valence-electron chi connectivity index (χ0n) is 15.8. The Balaban J connectivity index is 1.74. The number of aryl methyl sites for hydroxylation is 3. The van der Waals surface area contributed by atoms with Crippen LogP contribution in [0.1, 0.15) is 28.7 Å². The van der Waals surface area contributed by atoms with Gasteiger partial charge in [-0.2, -0.15) is 4.31 Å². The summed E-state index contributed by atoms with van der Waals surface area (Å²) in [7, 11) is -2.23. The van der Waals surface area contributed by atoms with E-state index < -0.39 is 10.0 Å². The van der Waals surface area contributed by atoms with E-state index in [4.69, 9.17) is 0 Å². The van der Waals surface area contributed by atoms with Gasteiger partial charge in [0.15, 0.2) is 0 Å². The number of allylic oxidation sites excluding steroid dienone is 1. The number of carbonyl (C=O) groups is 1. The molecular weight excluding hydrogens is 360 g/mol. The Kier molecular flexibility index (Phi) is 5.48. The maximum absolute atomic E-state index is 12.9. The largest absolute Gasteiger partial charge is 0.324 e. The van der Waals surface area contributed by atoms with Crippen molar-refractivity contribution in [3.05, 3.63) is 69.6 Å². The third kappa shape index (κ3) is 4.12. The smallest absolute Gasteiger partial charge is 0.239 e. The predicted molar refractivity (Wildman–Crippen MR) is 109 cm³/mol. The van der Waals surface area contributed by atoms with Gasteiger partial charge in [-0.15, -0.1) is 0 Å². The van der Waals surface area contributed by atoms with Crippen LogP contribution in [0.25, 0.3) is 6.08 Å². The van der Waals surface area contributed by atoms with E-state index in [1.807, 2.05) is 56.3 Å². The Bertz CT molecular complexity index is 990. The lowest BCUT2D eigenvalue weighted by molar-refractivity contribution is -0.116. The fraction of sp³-hybridized carbons (Fsp3) is 0.286. The average molecular weight is 385 g/mol. The predicted octanol–water partition coefficient (Wildman–Crippen LogP) is 3.49. The molecule has 0 aromatic heterocycles. The van der Waals surface area contributed by atoms with E-state index in [-0.39, 0.29) is 12.5 Å². The summed E-state index contributed by atoms with van der Waals surface area (Å²) in [6.07, 6.45) is 2.85. The lowest BCUT2D eigenvalue weighted by atomic mass is 9.98. The first-order valence-electron chi connectivity index (χ1n) is 8.90. The topological polar surface area (TPSA) is 66.5 Å². The Morgan fingerprint density at radius 2 is 1.70 bits per heavy atom. The van der Waals surface area contributed by atoms with Crippen molar-refractivity contribution in [3.63, 3.8) is 0 Å². The van der Waals surface area contributed by atoms with Crippen LogP contribution in [0.2, 0.25) is 0 Å². The van der Waals surface area contributed by atoms with Crippen molar-refractivity contribution in [1.29, 1.82) is 0 Å². The average Bonchev–Trinajstić information content (AvgIpc) is 2.64. The summed E-state index contributed by atoms with van der Waals surface area (Å²) in [5.41, 5.74) is 4.70. The number of amides is 1. The van der Waals surface area contributed by atoms with Gasteiger partial charge in [0.05, 0.1) is 11.4 Å². The van der Waals surface area contributed by atoms with Crippen molar-refractivity contribution in [2.75, 3.05) is 18.9 Å². The molecule has 0 saturated heterocycles. The molecule has 1 amide bonds. The van der Waals surface area contributed by atoms with E-state index >= 15 is 0 Å². The molecule has 2 aromatic rings. The zero-order valence-corrected chi connectivity index (χ0v) is 16.6. The molecule has 0 radical (unpaired) electrons. The third-order valence-electron chi connectivity index (χ3n) is 4.87. The Morgan fingerprint density at radius 3 is 2.41 bits per heavy atom. The number of benzene rings is 2. The van der Waals surface area contributed by atoms with E-state index in [0.717, 1.165) is 32.2 Å². The Hall–Kier alpha value is -2.44. The Morgan fingerprint density at radius 1 is 1.04 bits per heavy atom. The molecule has 1 N–H and O–H groups in total. The summed E-state index contributed by atoms with van der Waals surface area (Å²) in [6.45, 7) is 3.59. The van der Waals surface area contributed by atoms with E-state index in [9.17, 15) is 13.2 Å². The summed E-state index contributed by atoms with van der Waals surface area (Å²) >= 11 is 0. The minimum Gasteiger partial charge on any atom is -0.324 e. The van der Waals surface area contributed by atoms with Gasteiger partial charge in [-0.3, -0.25) is 4.79 Å². The van der Waals surface area contributed by atoms with Crippen LogP contribution in [0.4, 0.5) is 5.69 Å². The minimum atomic E-state index is -3.68. The highest BCUT2D eigenvalue weighted by Crippen LogP contribution is 2.28. The molecular formula is C21H24N2O3S. The molecule has 1 aliphatic rings. The van der Waals surface area contributed by atoms with Crippen LogP contribution in [-0.4, -0.2) is 32.2 Å². The monoisotopic (exact) mass is 384 g/mol. The molecule has 142 valence electrons. The Labute approximate surface area is 160 Å². The van der Waals surface area contributed by atoms with Gasteiger partial charge in [-0.05, 0) is 55.0 Å². The van der Waals surface area contributed by atoms with Crippen molar-refractivity contribution in [2.45, 2.75) is 26.7 Å². The molecule has 3 rings (SSSR count). The van der Waals surface area contributed by atoms with Gasteiger partial charge < -0.3 is 5.32 Å². The van der Waals surface area contributed by atoms with Crippen LogP contribution in [-0.2, 0) is 21.2 Å². The SMILES string of the molecule is Cc1cccc(C)c1NC(=O)CN(C)S(=O)(=O)C1=Cc2ccccc2CC1. The fourth-order valence-electron chi connectivity index (χ4n) is 3.29. The number of nitrogens with zero attached hydrogens (tertiary/aromatic N) is 1. The molecule has 0 atom stereocenters. The molecule has 0 saturated carbocycles. The number of anilines is 1. The number of carbonyl (C=O) groups excluding carboxylic acids is 1. The molecule has 0 heterocycles. The highest BCUT2D eigenvalue weighted by Gasteiger charge is 2.27.